The van der Waals surface area contributed by atoms with Crippen LogP contribution in [0, 0.1) is 0 Å². The van der Waals surface area contributed by atoms with Crippen LogP contribution in [0.2, 0.25) is 0 Å². The molecule has 0 N–H and O–H groups in total. The Hall–Kier alpha value is -2.63. The summed E-state index contributed by atoms with van der Waals surface area (Å²) >= 11 is 0. The number of aromatic nitrogens is 1. The van der Waals surface area contributed by atoms with Crippen molar-refractivity contribution in [2.45, 2.75) is 13.0 Å². The second-order valence-electron chi connectivity index (χ2n) is 4.39. The summed E-state index contributed by atoms with van der Waals surface area (Å²) in [5.74, 6) is -0.394. The van der Waals surface area contributed by atoms with Gasteiger partial charge < -0.3 is 14.1 Å². The predicted molar refractivity (Wildman–Crippen MR) is 74.3 cm³/mol. The Labute approximate surface area is 122 Å². The Kier molecular flexibility index (Phi) is 5.09. The Balaban J connectivity index is 2.10. The number of methoxy groups -OCH3 is 1. The highest BCUT2D eigenvalue weighted by Crippen LogP contribution is 2.11. The predicted octanol–water partition coefficient (Wildman–Crippen LogP) is 1.88. The maximum atomic E-state index is 12.4. The second kappa shape index (κ2) is 7.23. The first-order valence-electron chi connectivity index (χ1n) is 6.49. The smallest absolute Gasteiger partial charge is 0.307 e. The molecule has 2 aromatic rings. The van der Waals surface area contributed by atoms with Gasteiger partial charge in [-0.3, -0.25) is 14.6 Å². The maximum Gasteiger partial charge on any atom is 0.307 e. The molecule has 2 aromatic heterocycles. The maximum absolute atomic E-state index is 12.4. The fraction of sp³-hybridized carbons (Fsp3) is 0.267. The zero-order valence-electron chi connectivity index (χ0n) is 11.7. The van der Waals surface area contributed by atoms with Crippen molar-refractivity contribution < 1.29 is 18.7 Å². The lowest BCUT2D eigenvalue weighted by Crippen LogP contribution is -2.32. The molecule has 6 nitrogen and oxygen atoms in total. The largest absolute Gasteiger partial charge is 0.469 e. The number of carbonyl (C=O) groups excluding carboxylic acids is 2. The molecule has 110 valence electrons. The van der Waals surface area contributed by atoms with E-state index >= 15 is 0 Å². The molecule has 0 spiro atoms. The summed E-state index contributed by atoms with van der Waals surface area (Å²) in [6.45, 7) is 0.603. The van der Waals surface area contributed by atoms with Crippen LogP contribution in [0.4, 0.5) is 0 Å². The molecule has 6 heteroatoms. The standard InChI is InChI=1S/C15H16N2O4/c1-20-14(18)6-8-17(11-12-4-2-7-16-10-12)15(19)13-5-3-9-21-13/h2-5,7,9-10H,6,8,11H2,1H3. The van der Waals surface area contributed by atoms with Crippen LogP contribution in [0.15, 0.2) is 47.3 Å². The number of ether oxygens (including phenoxy) is 1. The Morgan fingerprint density at radius 2 is 2.19 bits per heavy atom. The van der Waals surface area contributed by atoms with Gasteiger partial charge in [0.15, 0.2) is 5.76 Å². The zero-order chi connectivity index (χ0) is 15.1. The molecule has 2 heterocycles. The first kappa shape index (κ1) is 14.8. The number of rotatable bonds is 6. The molecule has 0 unspecified atom stereocenters. The van der Waals surface area contributed by atoms with Crippen LogP contribution in [0.5, 0.6) is 0 Å². The van der Waals surface area contributed by atoms with Gasteiger partial charge in [-0.2, -0.15) is 0 Å². The van der Waals surface area contributed by atoms with E-state index in [1.165, 1.54) is 18.3 Å². The Bertz CT molecular complexity index is 581. The summed E-state index contributed by atoms with van der Waals surface area (Å²) in [5, 5.41) is 0. The molecule has 0 saturated heterocycles. The van der Waals surface area contributed by atoms with Gasteiger partial charge >= 0.3 is 5.97 Å². The van der Waals surface area contributed by atoms with Crippen LogP contribution in [-0.2, 0) is 16.1 Å². The summed E-state index contributed by atoms with van der Waals surface area (Å²) in [7, 11) is 1.32. The fourth-order valence-electron chi connectivity index (χ4n) is 1.85. The summed E-state index contributed by atoms with van der Waals surface area (Å²) in [4.78, 5) is 29.2. The molecule has 0 radical (unpaired) electrons. The number of hydrogen-bond acceptors (Lipinski definition) is 5. The van der Waals surface area contributed by atoms with Gasteiger partial charge in [-0.1, -0.05) is 6.07 Å². The summed E-state index contributed by atoms with van der Waals surface area (Å²) in [6, 6.07) is 6.91. The van der Waals surface area contributed by atoms with Crippen LogP contribution < -0.4 is 0 Å². The first-order valence-corrected chi connectivity index (χ1v) is 6.49. The van der Waals surface area contributed by atoms with Gasteiger partial charge in [0, 0.05) is 25.5 Å². The average Bonchev–Trinajstić information content (AvgIpc) is 3.05. The number of esters is 1. The van der Waals surface area contributed by atoms with Gasteiger partial charge in [0.1, 0.15) is 0 Å². The van der Waals surface area contributed by atoms with E-state index in [0.717, 1.165) is 5.56 Å². The molecule has 0 aliphatic rings. The first-order chi connectivity index (χ1) is 10.2. The van der Waals surface area contributed by atoms with Crippen LogP contribution in [0.25, 0.3) is 0 Å². The Morgan fingerprint density at radius 3 is 2.81 bits per heavy atom. The number of pyridine rings is 1. The summed E-state index contributed by atoms with van der Waals surface area (Å²) in [5.41, 5.74) is 0.877. The lowest BCUT2D eigenvalue weighted by molar-refractivity contribution is -0.140. The lowest BCUT2D eigenvalue weighted by atomic mass is 10.2. The average molecular weight is 288 g/mol. The monoisotopic (exact) mass is 288 g/mol. The van der Waals surface area contributed by atoms with Crippen LogP contribution >= 0.6 is 0 Å². The number of carbonyl (C=O) groups is 2. The van der Waals surface area contributed by atoms with Crippen LogP contribution in [-0.4, -0.2) is 35.4 Å². The van der Waals surface area contributed by atoms with Crippen molar-refractivity contribution in [2.75, 3.05) is 13.7 Å². The van der Waals surface area contributed by atoms with Crippen LogP contribution in [0.1, 0.15) is 22.5 Å². The molecule has 0 bridgehead atoms. The summed E-state index contributed by atoms with van der Waals surface area (Å²) in [6.07, 6.45) is 4.91. The van der Waals surface area contributed by atoms with Crippen molar-refractivity contribution >= 4 is 11.9 Å². The van der Waals surface area contributed by atoms with E-state index in [0.29, 0.717) is 6.54 Å². The van der Waals surface area contributed by atoms with Gasteiger partial charge in [0.2, 0.25) is 0 Å². The third kappa shape index (κ3) is 4.17. The van der Waals surface area contributed by atoms with Crippen LogP contribution in [0.3, 0.4) is 0 Å². The third-order valence-electron chi connectivity index (χ3n) is 2.93. The van der Waals surface area contributed by atoms with Crippen molar-refractivity contribution in [2.24, 2.45) is 0 Å². The molecule has 0 atom stereocenters. The van der Waals surface area contributed by atoms with E-state index in [4.69, 9.17) is 4.42 Å². The van der Waals surface area contributed by atoms with Crippen molar-refractivity contribution in [1.82, 2.24) is 9.88 Å². The van der Waals surface area contributed by atoms with Crippen molar-refractivity contribution in [3.63, 3.8) is 0 Å². The lowest BCUT2D eigenvalue weighted by Gasteiger charge is -2.21. The molecule has 0 aromatic carbocycles. The van der Waals surface area contributed by atoms with E-state index in [9.17, 15) is 9.59 Å². The highest BCUT2D eigenvalue weighted by atomic mass is 16.5. The summed E-state index contributed by atoms with van der Waals surface area (Å²) < 4.78 is 9.73. The molecule has 2 rings (SSSR count). The molecule has 0 aliphatic carbocycles. The van der Waals surface area contributed by atoms with Crippen molar-refractivity contribution in [1.29, 1.82) is 0 Å². The number of nitrogens with zero attached hydrogens (tertiary/aromatic N) is 2. The Morgan fingerprint density at radius 1 is 1.33 bits per heavy atom. The van der Waals surface area contributed by atoms with E-state index in [2.05, 4.69) is 9.72 Å². The molecule has 0 fully saturated rings. The van der Waals surface area contributed by atoms with Crippen molar-refractivity contribution in [3.05, 3.63) is 54.2 Å². The molecular formula is C15H16N2O4. The number of hydrogen-bond donors (Lipinski definition) is 0. The molecule has 0 aliphatic heterocycles. The minimum Gasteiger partial charge on any atom is -0.469 e. The SMILES string of the molecule is COC(=O)CCN(Cc1cccnc1)C(=O)c1ccco1. The van der Waals surface area contributed by atoms with Gasteiger partial charge in [-0.25, -0.2) is 0 Å². The highest BCUT2D eigenvalue weighted by Gasteiger charge is 2.19. The number of amides is 1. The third-order valence-corrected chi connectivity index (χ3v) is 2.93. The fourth-order valence-corrected chi connectivity index (χ4v) is 1.85. The van der Waals surface area contributed by atoms with E-state index in [1.54, 1.807) is 30.6 Å². The number of furan rings is 1. The van der Waals surface area contributed by atoms with E-state index < -0.39 is 0 Å². The second-order valence-corrected chi connectivity index (χ2v) is 4.39. The minimum atomic E-state index is -0.363. The van der Waals surface area contributed by atoms with E-state index in [-0.39, 0.29) is 30.6 Å². The van der Waals surface area contributed by atoms with E-state index in [1.807, 2.05) is 6.07 Å². The zero-order valence-corrected chi connectivity index (χ0v) is 11.7. The normalized spacial score (nSPS) is 10.1. The molecule has 0 saturated carbocycles. The van der Waals surface area contributed by atoms with Gasteiger partial charge in [0.25, 0.3) is 5.91 Å². The highest BCUT2D eigenvalue weighted by molar-refractivity contribution is 5.91. The minimum absolute atomic E-state index is 0.128. The van der Waals surface area contributed by atoms with Gasteiger partial charge in [-0.05, 0) is 23.8 Å². The van der Waals surface area contributed by atoms with Gasteiger partial charge in [-0.15, -0.1) is 0 Å². The quantitative estimate of drug-likeness (QED) is 0.759. The van der Waals surface area contributed by atoms with Gasteiger partial charge in [0.05, 0.1) is 19.8 Å². The van der Waals surface area contributed by atoms with Crippen molar-refractivity contribution in [3.8, 4) is 0 Å². The molecule has 1 amide bonds. The topological polar surface area (TPSA) is 72.6 Å². The molecular weight excluding hydrogens is 272 g/mol. The molecule has 21 heavy (non-hydrogen) atoms.